The topological polar surface area (TPSA) is 58.9 Å². The molecule has 0 aliphatic heterocycles. The highest BCUT2D eigenvalue weighted by Gasteiger charge is 2.57. The van der Waals surface area contributed by atoms with Gasteiger partial charge in [0, 0.05) is 0 Å². The molecule has 3 aliphatic carbocycles. The minimum Gasteiger partial charge on any atom is -0.211 e. The summed E-state index contributed by atoms with van der Waals surface area (Å²) in [7, 11) is 0. The molecule has 0 heterocycles. The van der Waals surface area contributed by atoms with E-state index >= 15 is 0 Å². The molecule has 17 heavy (non-hydrogen) atoms. The van der Waals surface area contributed by atoms with E-state index in [1.165, 1.54) is 6.42 Å². The Morgan fingerprint density at radius 2 is 2.00 bits per heavy atom. The van der Waals surface area contributed by atoms with E-state index < -0.39 is 0 Å². The van der Waals surface area contributed by atoms with E-state index in [0.29, 0.717) is 29.7 Å². The van der Waals surface area contributed by atoms with Gasteiger partial charge in [-0.1, -0.05) is 13.8 Å². The highest BCUT2D eigenvalue weighted by atomic mass is 16.1. The van der Waals surface area contributed by atoms with Gasteiger partial charge in [-0.3, -0.25) is 0 Å². The zero-order valence-electron chi connectivity index (χ0n) is 10.3. The van der Waals surface area contributed by atoms with Crippen molar-refractivity contribution in [3.05, 3.63) is 0 Å². The molecule has 0 aromatic carbocycles. The minimum atomic E-state index is 0.0890. The van der Waals surface area contributed by atoms with E-state index in [4.69, 9.17) is 0 Å². The van der Waals surface area contributed by atoms with Crippen LogP contribution in [0, 0.1) is 23.2 Å². The van der Waals surface area contributed by atoms with Gasteiger partial charge in [0.1, 0.15) is 0 Å². The van der Waals surface area contributed by atoms with E-state index in [-0.39, 0.29) is 6.04 Å². The lowest BCUT2D eigenvalue weighted by molar-refractivity contribution is -0.115. The second-order valence-corrected chi connectivity index (χ2v) is 5.81. The summed E-state index contributed by atoms with van der Waals surface area (Å²) < 4.78 is 0. The summed E-state index contributed by atoms with van der Waals surface area (Å²) in [5.41, 5.74) is 0.352. The Labute approximate surface area is 101 Å². The molecule has 92 valence electrons. The van der Waals surface area contributed by atoms with Crippen molar-refractivity contribution in [1.82, 2.24) is 0 Å². The lowest BCUT2D eigenvalue weighted by Crippen LogP contribution is -2.57. The summed E-state index contributed by atoms with van der Waals surface area (Å²) in [5.74, 6) is 1.65. The average molecular weight is 234 g/mol. The molecule has 3 fully saturated rings. The zero-order valence-corrected chi connectivity index (χ0v) is 10.3. The first kappa shape index (κ1) is 12.2. The molecule has 4 unspecified atom stereocenters. The van der Waals surface area contributed by atoms with E-state index in [9.17, 15) is 9.59 Å². The summed E-state index contributed by atoms with van der Waals surface area (Å²) in [6, 6.07) is 0.0890. The van der Waals surface area contributed by atoms with E-state index in [2.05, 4.69) is 23.8 Å². The van der Waals surface area contributed by atoms with Crippen LogP contribution in [0.4, 0.5) is 0 Å². The molecule has 0 saturated heterocycles. The van der Waals surface area contributed by atoms with Crippen molar-refractivity contribution in [3.8, 4) is 0 Å². The van der Waals surface area contributed by atoms with Crippen LogP contribution >= 0.6 is 0 Å². The number of isocyanates is 2. The van der Waals surface area contributed by atoms with Gasteiger partial charge in [-0.25, -0.2) is 19.6 Å². The summed E-state index contributed by atoms with van der Waals surface area (Å²) in [6.07, 6.45) is 6.30. The Kier molecular flexibility index (Phi) is 3.28. The van der Waals surface area contributed by atoms with Crippen molar-refractivity contribution in [3.63, 3.8) is 0 Å². The number of carbonyl (C=O) groups excluding carboxylic acids is 2. The maximum absolute atomic E-state index is 10.5. The normalized spacial score (nSPS) is 37.3. The predicted octanol–water partition coefficient (Wildman–Crippen LogP) is 2.10. The first-order valence-corrected chi connectivity index (χ1v) is 6.22. The Balaban J connectivity index is 2.10. The molecule has 2 bridgehead atoms. The van der Waals surface area contributed by atoms with Crippen molar-refractivity contribution >= 4 is 12.2 Å². The van der Waals surface area contributed by atoms with Crippen molar-refractivity contribution < 1.29 is 9.59 Å². The van der Waals surface area contributed by atoms with E-state index in [1.807, 2.05) is 0 Å². The fourth-order valence-electron chi connectivity index (χ4n) is 3.79. The summed E-state index contributed by atoms with van der Waals surface area (Å²) in [6.45, 7) is 5.08. The fraction of sp³-hybridized carbons (Fsp3) is 0.846. The lowest BCUT2D eigenvalue weighted by Gasteiger charge is -2.61. The van der Waals surface area contributed by atoms with Crippen LogP contribution in [-0.4, -0.2) is 24.7 Å². The molecule has 3 aliphatic rings. The standard InChI is InChI=1S/C13H18N2O2/c1-13(2)9-5-11(13)10(3-4-14-7-16)12(6-9)15-8-17/h9-12H,3-6H2,1-2H3. The van der Waals surface area contributed by atoms with Crippen LogP contribution in [0.1, 0.15) is 33.1 Å². The number of hydrogen-bond donors (Lipinski definition) is 0. The van der Waals surface area contributed by atoms with Crippen LogP contribution in [0.15, 0.2) is 9.98 Å². The highest BCUT2D eigenvalue weighted by Crippen LogP contribution is 2.62. The van der Waals surface area contributed by atoms with E-state index in [0.717, 1.165) is 12.8 Å². The quantitative estimate of drug-likeness (QED) is 0.552. The van der Waals surface area contributed by atoms with Gasteiger partial charge in [-0.15, -0.1) is 0 Å². The Morgan fingerprint density at radius 1 is 1.24 bits per heavy atom. The van der Waals surface area contributed by atoms with Gasteiger partial charge in [0.25, 0.3) is 0 Å². The van der Waals surface area contributed by atoms with Crippen LogP contribution in [0.5, 0.6) is 0 Å². The number of rotatable bonds is 4. The molecule has 0 aromatic heterocycles. The van der Waals surface area contributed by atoms with Gasteiger partial charge < -0.3 is 0 Å². The zero-order chi connectivity index (χ0) is 12.5. The van der Waals surface area contributed by atoms with Crippen LogP contribution in [-0.2, 0) is 9.59 Å². The van der Waals surface area contributed by atoms with Crippen molar-refractivity contribution in [2.75, 3.05) is 6.54 Å². The van der Waals surface area contributed by atoms with Crippen molar-refractivity contribution in [1.29, 1.82) is 0 Å². The molecule has 0 spiro atoms. The van der Waals surface area contributed by atoms with Gasteiger partial charge >= 0.3 is 0 Å². The maximum atomic E-state index is 10.5. The second kappa shape index (κ2) is 4.56. The molecule has 3 rings (SSSR count). The minimum absolute atomic E-state index is 0.0890. The smallest absolute Gasteiger partial charge is 0.211 e. The maximum Gasteiger partial charge on any atom is 0.235 e. The van der Waals surface area contributed by atoms with Crippen LogP contribution in [0.2, 0.25) is 0 Å². The van der Waals surface area contributed by atoms with Crippen molar-refractivity contribution in [2.45, 2.75) is 39.2 Å². The molecule has 4 nitrogen and oxygen atoms in total. The van der Waals surface area contributed by atoms with Gasteiger partial charge in [0.05, 0.1) is 12.6 Å². The number of nitrogens with zero attached hydrogens (tertiary/aromatic N) is 2. The molecule has 0 amide bonds. The monoisotopic (exact) mass is 234 g/mol. The third-order valence-electron chi connectivity index (χ3n) is 4.94. The first-order chi connectivity index (χ1) is 8.11. The molecule has 3 saturated carbocycles. The largest absolute Gasteiger partial charge is 0.235 e. The molecule has 0 radical (unpaired) electrons. The van der Waals surface area contributed by atoms with Gasteiger partial charge in [0.2, 0.25) is 12.2 Å². The number of hydrogen-bond acceptors (Lipinski definition) is 4. The molecule has 4 atom stereocenters. The van der Waals surface area contributed by atoms with Gasteiger partial charge in [-0.05, 0) is 42.4 Å². The first-order valence-electron chi connectivity index (χ1n) is 6.22. The summed E-state index contributed by atoms with van der Waals surface area (Å²) in [5, 5.41) is 0. The molecular formula is C13H18N2O2. The number of aliphatic imine (C=N–C) groups is 2. The average Bonchev–Trinajstić information content (AvgIpc) is 2.31. The lowest BCUT2D eigenvalue weighted by atomic mass is 9.44. The number of fused-ring (bicyclic) bond motifs is 2. The van der Waals surface area contributed by atoms with Crippen molar-refractivity contribution in [2.24, 2.45) is 33.2 Å². The summed E-state index contributed by atoms with van der Waals surface area (Å²) in [4.78, 5) is 28.1. The highest BCUT2D eigenvalue weighted by molar-refractivity contribution is 5.34. The third-order valence-corrected chi connectivity index (χ3v) is 4.94. The van der Waals surface area contributed by atoms with E-state index in [1.54, 1.807) is 12.2 Å². The Bertz CT molecular complexity index is 392. The van der Waals surface area contributed by atoms with Crippen LogP contribution in [0.3, 0.4) is 0 Å². The molecular weight excluding hydrogens is 216 g/mol. The van der Waals surface area contributed by atoms with Crippen LogP contribution in [0.25, 0.3) is 0 Å². The summed E-state index contributed by atoms with van der Waals surface area (Å²) >= 11 is 0. The van der Waals surface area contributed by atoms with Gasteiger partial charge in [-0.2, -0.15) is 0 Å². The predicted molar refractivity (Wildman–Crippen MR) is 63.0 cm³/mol. The van der Waals surface area contributed by atoms with Gasteiger partial charge in [0.15, 0.2) is 0 Å². The molecule has 4 heteroatoms. The Hall–Kier alpha value is -1.24. The fourth-order valence-corrected chi connectivity index (χ4v) is 3.79. The molecule has 0 aromatic rings. The van der Waals surface area contributed by atoms with Crippen LogP contribution < -0.4 is 0 Å². The Morgan fingerprint density at radius 3 is 2.59 bits per heavy atom. The SMILES string of the molecule is CC1(C)C2CC(N=C=O)C(CCN=C=O)C1C2. The molecule has 0 N–H and O–H groups in total. The third kappa shape index (κ3) is 1.99. The second-order valence-electron chi connectivity index (χ2n) is 5.81.